The van der Waals surface area contributed by atoms with E-state index in [-0.39, 0.29) is 0 Å². The number of hydrogen-bond acceptors (Lipinski definition) is 4. The van der Waals surface area contributed by atoms with Crippen molar-refractivity contribution in [3.8, 4) is 5.75 Å². The lowest BCUT2D eigenvalue weighted by Gasteiger charge is -2.05. The third-order valence-corrected chi connectivity index (χ3v) is 3.67. The van der Waals surface area contributed by atoms with Crippen molar-refractivity contribution in [2.75, 3.05) is 12.3 Å². The summed E-state index contributed by atoms with van der Waals surface area (Å²) in [6, 6.07) is 8.22. The summed E-state index contributed by atoms with van der Waals surface area (Å²) in [6.07, 6.45) is 2.83. The van der Waals surface area contributed by atoms with Crippen LogP contribution in [0.3, 0.4) is 0 Å². The topological polar surface area (TPSA) is 48.1 Å². The van der Waals surface area contributed by atoms with Gasteiger partial charge < -0.3 is 10.5 Å². The smallest absolute Gasteiger partial charge is 0.180 e. The molecule has 2 heterocycles. The lowest BCUT2D eigenvalue weighted by Crippen LogP contribution is -2.03. The van der Waals surface area contributed by atoms with Crippen LogP contribution in [0.5, 0.6) is 5.75 Å². The molecule has 1 aromatic heterocycles. The zero-order valence-corrected chi connectivity index (χ0v) is 9.54. The summed E-state index contributed by atoms with van der Waals surface area (Å²) in [5.41, 5.74) is 6.92. The highest BCUT2D eigenvalue weighted by molar-refractivity contribution is 7.15. The zero-order chi connectivity index (χ0) is 11.0. The summed E-state index contributed by atoms with van der Waals surface area (Å²) in [5.74, 6) is 1.46. The van der Waals surface area contributed by atoms with Crippen LogP contribution in [0.25, 0.3) is 0 Å². The summed E-state index contributed by atoms with van der Waals surface area (Å²) < 4.78 is 5.64. The first-order valence-corrected chi connectivity index (χ1v) is 6.06. The molecule has 2 aromatic rings. The number of thiazole rings is 1. The van der Waals surface area contributed by atoms with Crippen molar-refractivity contribution >= 4 is 16.5 Å². The molecule has 16 heavy (non-hydrogen) atoms. The molecule has 0 saturated carbocycles. The molecular weight excluding hydrogens is 220 g/mol. The fourth-order valence-electron chi connectivity index (χ4n) is 2.06. The molecule has 4 heteroatoms. The van der Waals surface area contributed by atoms with E-state index in [0.717, 1.165) is 18.8 Å². The van der Waals surface area contributed by atoms with Gasteiger partial charge in [-0.15, -0.1) is 11.3 Å². The van der Waals surface area contributed by atoms with Crippen molar-refractivity contribution in [1.82, 2.24) is 4.98 Å². The van der Waals surface area contributed by atoms with Crippen molar-refractivity contribution in [2.24, 2.45) is 0 Å². The number of fused-ring (bicyclic) bond motifs is 1. The van der Waals surface area contributed by atoms with Crippen molar-refractivity contribution in [3.05, 3.63) is 40.9 Å². The van der Waals surface area contributed by atoms with E-state index >= 15 is 0 Å². The minimum absolute atomic E-state index is 0.441. The number of nitrogen functional groups attached to an aromatic ring is 1. The quantitative estimate of drug-likeness (QED) is 0.865. The van der Waals surface area contributed by atoms with Crippen LogP contribution in [-0.4, -0.2) is 11.6 Å². The van der Waals surface area contributed by atoms with Gasteiger partial charge in [-0.05, 0) is 12.5 Å². The Kier molecular flexibility index (Phi) is 2.29. The van der Waals surface area contributed by atoms with Crippen molar-refractivity contribution < 1.29 is 4.74 Å². The molecule has 82 valence electrons. The molecule has 2 N–H and O–H groups in total. The summed E-state index contributed by atoms with van der Waals surface area (Å²) in [4.78, 5) is 5.29. The van der Waals surface area contributed by atoms with Gasteiger partial charge in [0.05, 0.1) is 6.61 Å². The zero-order valence-electron chi connectivity index (χ0n) is 8.72. The van der Waals surface area contributed by atoms with Gasteiger partial charge in [-0.1, -0.05) is 18.2 Å². The maximum atomic E-state index is 5.64. The highest BCUT2D eigenvalue weighted by Crippen LogP contribution is 2.36. The molecule has 0 bridgehead atoms. The predicted octanol–water partition coefficient (Wildman–Crippen LogP) is 2.44. The molecule has 0 aliphatic carbocycles. The molecule has 1 aromatic carbocycles. The summed E-state index contributed by atoms with van der Waals surface area (Å²) in [5, 5.41) is 0.641. The summed E-state index contributed by atoms with van der Waals surface area (Å²) in [6.45, 7) is 0.761. The molecular formula is C12H12N2OS. The Morgan fingerprint density at radius 3 is 3.12 bits per heavy atom. The molecule has 1 aliphatic heterocycles. The largest absolute Gasteiger partial charge is 0.493 e. The number of nitrogens with zero attached hydrogens (tertiary/aromatic N) is 1. The number of aromatic nitrogens is 1. The van der Waals surface area contributed by atoms with Gasteiger partial charge in [0.2, 0.25) is 0 Å². The van der Waals surface area contributed by atoms with E-state index < -0.39 is 0 Å². The molecule has 0 amide bonds. The minimum atomic E-state index is 0.441. The second-order valence-electron chi connectivity index (χ2n) is 3.91. The monoisotopic (exact) mass is 232 g/mol. The van der Waals surface area contributed by atoms with Crippen LogP contribution in [0.4, 0.5) is 5.13 Å². The molecule has 3 rings (SSSR count). The Labute approximate surface area is 97.9 Å². The van der Waals surface area contributed by atoms with E-state index in [9.17, 15) is 0 Å². The van der Waals surface area contributed by atoms with E-state index in [1.807, 2.05) is 18.3 Å². The van der Waals surface area contributed by atoms with Crippen LogP contribution in [0, 0.1) is 0 Å². The minimum Gasteiger partial charge on any atom is -0.493 e. The van der Waals surface area contributed by atoms with E-state index in [4.69, 9.17) is 10.5 Å². The first-order valence-electron chi connectivity index (χ1n) is 5.25. The van der Waals surface area contributed by atoms with E-state index in [1.165, 1.54) is 10.4 Å². The SMILES string of the molecule is Nc1ncc(CC2COc3ccccc32)s1. The van der Waals surface area contributed by atoms with Gasteiger partial charge >= 0.3 is 0 Å². The van der Waals surface area contributed by atoms with Crippen molar-refractivity contribution in [2.45, 2.75) is 12.3 Å². The predicted molar refractivity (Wildman–Crippen MR) is 64.9 cm³/mol. The number of benzene rings is 1. The van der Waals surface area contributed by atoms with Gasteiger partial charge in [0.1, 0.15) is 5.75 Å². The number of rotatable bonds is 2. The third kappa shape index (κ3) is 1.65. The van der Waals surface area contributed by atoms with Gasteiger partial charge in [0.25, 0.3) is 0 Å². The second kappa shape index (κ2) is 3.79. The Bertz CT molecular complexity index is 509. The van der Waals surface area contributed by atoms with Crippen LogP contribution in [0.15, 0.2) is 30.5 Å². The first kappa shape index (κ1) is 9.66. The Hall–Kier alpha value is -1.55. The molecule has 3 nitrogen and oxygen atoms in total. The fraction of sp³-hybridized carbons (Fsp3) is 0.250. The maximum absolute atomic E-state index is 5.64. The van der Waals surface area contributed by atoms with Crippen LogP contribution < -0.4 is 10.5 Å². The summed E-state index contributed by atoms with van der Waals surface area (Å²) in [7, 11) is 0. The molecule has 1 aliphatic rings. The third-order valence-electron chi connectivity index (χ3n) is 2.82. The average molecular weight is 232 g/mol. The van der Waals surface area contributed by atoms with Crippen LogP contribution >= 0.6 is 11.3 Å². The summed E-state index contributed by atoms with van der Waals surface area (Å²) >= 11 is 1.56. The highest BCUT2D eigenvalue weighted by atomic mass is 32.1. The lowest BCUT2D eigenvalue weighted by atomic mass is 9.97. The van der Waals surface area contributed by atoms with Gasteiger partial charge in [-0.2, -0.15) is 0 Å². The number of ether oxygens (including phenoxy) is 1. The molecule has 0 fully saturated rings. The van der Waals surface area contributed by atoms with Gasteiger partial charge in [-0.25, -0.2) is 4.98 Å². The molecule has 1 unspecified atom stereocenters. The number of nitrogens with two attached hydrogens (primary N) is 1. The van der Waals surface area contributed by atoms with E-state index in [1.54, 1.807) is 11.3 Å². The molecule has 1 atom stereocenters. The molecule has 0 radical (unpaired) electrons. The maximum Gasteiger partial charge on any atom is 0.180 e. The fourth-order valence-corrected chi connectivity index (χ4v) is 2.82. The van der Waals surface area contributed by atoms with Crippen LogP contribution in [0.2, 0.25) is 0 Å². The lowest BCUT2D eigenvalue weighted by molar-refractivity contribution is 0.330. The van der Waals surface area contributed by atoms with Crippen molar-refractivity contribution in [3.63, 3.8) is 0 Å². The van der Waals surface area contributed by atoms with Gasteiger partial charge in [-0.3, -0.25) is 0 Å². The normalized spacial score (nSPS) is 18.1. The Morgan fingerprint density at radius 1 is 1.44 bits per heavy atom. The van der Waals surface area contributed by atoms with E-state index in [2.05, 4.69) is 17.1 Å². The van der Waals surface area contributed by atoms with Crippen molar-refractivity contribution in [1.29, 1.82) is 0 Å². The van der Waals surface area contributed by atoms with E-state index in [0.29, 0.717) is 11.0 Å². The first-order chi connectivity index (χ1) is 7.83. The Balaban J connectivity index is 1.83. The van der Waals surface area contributed by atoms with Gasteiger partial charge in [0.15, 0.2) is 5.13 Å². The average Bonchev–Trinajstić information content (AvgIpc) is 2.87. The highest BCUT2D eigenvalue weighted by Gasteiger charge is 2.24. The van der Waals surface area contributed by atoms with Crippen LogP contribution in [-0.2, 0) is 6.42 Å². The molecule has 0 spiro atoms. The Morgan fingerprint density at radius 2 is 2.31 bits per heavy atom. The molecule has 0 saturated heterocycles. The van der Waals surface area contributed by atoms with Crippen LogP contribution in [0.1, 0.15) is 16.4 Å². The second-order valence-corrected chi connectivity index (χ2v) is 5.06. The number of hydrogen-bond donors (Lipinski definition) is 1. The number of anilines is 1. The standard InChI is InChI=1S/C12H12N2OS/c13-12-14-6-9(16-12)5-8-7-15-11-4-2-1-3-10(8)11/h1-4,6,8H,5,7H2,(H2,13,14). The van der Waals surface area contributed by atoms with Gasteiger partial charge in [0, 0.05) is 22.6 Å². The number of para-hydroxylation sites is 1.